The lowest BCUT2D eigenvalue weighted by molar-refractivity contribution is -0.115. The monoisotopic (exact) mass is 404 g/mol. The van der Waals surface area contributed by atoms with E-state index < -0.39 is 0 Å². The van der Waals surface area contributed by atoms with Gasteiger partial charge in [0.2, 0.25) is 0 Å². The van der Waals surface area contributed by atoms with Gasteiger partial charge in [0.25, 0.3) is 5.91 Å². The summed E-state index contributed by atoms with van der Waals surface area (Å²) in [6, 6.07) is 8.90. The van der Waals surface area contributed by atoms with Crippen molar-refractivity contribution in [3.63, 3.8) is 0 Å². The zero-order valence-electron chi connectivity index (χ0n) is 14.6. The standard InChI is InChI=1S/C21H12N2O3S2/c1-12(24)14-5-2-13(3-6-14)4-7-15-10-22-11-16-8-17(26-19(15)16)9-18-20(25)23-21(27)28-18/h2-3,5-6,8-11H,1H3,(H,23,25,27). The molecule has 3 heterocycles. The lowest BCUT2D eigenvalue weighted by atomic mass is 10.1. The van der Waals surface area contributed by atoms with Crippen LogP contribution in [0.1, 0.15) is 34.2 Å². The van der Waals surface area contributed by atoms with E-state index in [0.29, 0.717) is 31.7 Å². The third-order valence-electron chi connectivity index (χ3n) is 3.99. The molecule has 2 aromatic heterocycles. The van der Waals surface area contributed by atoms with Gasteiger partial charge in [0.15, 0.2) is 11.4 Å². The van der Waals surface area contributed by atoms with E-state index in [-0.39, 0.29) is 11.7 Å². The molecule has 1 amide bonds. The maximum Gasteiger partial charge on any atom is 0.263 e. The lowest BCUT2D eigenvalue weighted by Crippen LogP contribution is -2.17. The number of thiocarbonyl (C=S) groups is 1. The molecule has 0 atom stereocenters. The molecule has 1 saturated heterocycles. The molecule has 4 rings (SSSR count). The molecule has 0 bridgehead atoms. The number of nitrogens with one attached hydrogen (secondary N) is 1. The van der Waals surface area contributed by atoms with Gasteiger partial charge in [-0.05, 0) is 25.1 Å². The van der Waals surface area contributed by atoms with Crippen molar-refractivity contribution in [1.29, 1.82) is 0 Å². The van der Waals surface area contributed by atoms with Gasteiger partial charge in [0.05, 0.1) is 10.5 Å². The van der Waals surface area contributed by atoms with Gasteiger partial charge < -0.3 is 9.73 Å². The number of carbonyl (C=O) groups is 2. The van der Waals surface area contributed by atoms with Gasteiger partial charge in [-0.3, -0.25) is 14.6 Å². The van der Waals surface area contributed by atoms with Crippen molar-refractivity contribution in [2.75, 3.05) is 0 Å². The molecule has 5 nitrogen and oxygen atoms in total. The Morgan fingerprint density at radius 1 is 1.25 bits per heavy atom. The van der Waals surface area contributed by atoms with Crippen molar-refractivity contribution in [2.24, 2.45) is 0 Å². The summed E-state index contributed by atoms with van der Waals surface area (Å²) in [5, 5.41) is 3.36. The summed E-state index contributed by atoms with van der Waals surface area (Å²) in [5.41, 5.74) is 2.66. The number of pyridine rings is 1. The average molecular weight is 404 g/mol. The van der Waals surface area contributed by atoms with E-state index in [4.69, 9.17) is 16.6 Å². The zero-order valence-corrected chi connectivity index (χ0v) is 16.2. The van der Waals surface area contributed by atoms with E-state index in [2.05, 4.69) is 22.1 Å². The van der Waals surface area contributed by atoms with Crippen molar-refractivity contribution in [2.45, 2.75) is 6.92 Å². The first-order valence-corrected chi connectivity index (χ1v) is 9.47. The number of Topliss-reactive ketones (excluding diaryl/α,β-unsaturated/α-hetero) is 1. The summed E-state index contributed by atoms with van der Waals surface area (Å²) < 4.78 is 6.31. The summed E-state index contributed by atoms with van der Waals surface area (Å²) in [6.07, 6.45) is 4.96. The molecule has 1 aliphatic rings. The van der Waals surface area contributed by atoms with E-state index in [9.17, 15) is 9.59 Å². The molecule has 0 spiro atoms. The fourth-order valence-corrected chi connectivity index (χ4v) is 3.64. The minimum Gasteiger partial charge on any atom is -0.455 e. The molecule has 1 N–H and O–H groups in total. The fourth-order valence-electron chi connectivity index (χ4n) is 2.62. The summed E-state index contributed by atoms with van der Waals surface area (Å²) >= 11 is 6.19. The Labute approximate surface area is 170 Å². The van der Waals surface area contributed by atoms with Gasteiger partial charge >= 0.3 is 0 Å². The Bertz CT molecular complexity index is 1230. The summed E-state index contributed by atoms with van der Waals surface area (Å²) in [6.45, 7) is 1.53. The first-order valence-electron chi connectivity index (χ1n) is 8.25. The quantitative estimate of drug-likeness (QED) is 0.302. The van der Waals surface area contributed by atoms with Crippen LogP contribution in [0.25, 0.3) is 17.0 Å². The third kappa shape index (κ3) is 3.74. The van der Waals surface area contributed by atoms with Crippen molar-refractivity contribution < 1.29 is 14.0 Å². The van der Waals surface area contributed by atoms with Gasteiger partial charge in [-0.25, -0.2) is 0 Å². The highest BCUT2D eigenvalue weighted by atomic mass is 32.2. The van der Waals surface area contributed by atoms with Crippen LogP contribution in [0.2, 0.25) is 0 Å². The van der Waals surface area contributed by atoms with E-state index in [1.807, 2.05) is 0 Å². The number of benzene rings is 1. The molecule has 0 unspecified atom stereocenters. The number of hydrogen-bond acceptors (Lipinski definition) is 6. The SMILES string of the molecule is CC(=O)c1ccc(C#Cc2cncc3cc(C=C4SC(=S)NC4=O)oc23)cc1. The average Bonchev–Trinajstić information content (AvgIpc) is 3.22. The zero-order chi connectivity index (χ0) is 19.7. The molecule has 136 valence electrons. The highest BCUT2D eigenvalue weighted by Gasteiger charge is 2.22. The summed E-state index contributed by atoms with van der Waals surface area (Å²) in [5.74, 6) is 6.42. The number of aromatic nitrogens is 1. The van der Waals surface area contributed by atoms with E-state index in [1.54, 1.807) is 48.8 Å². The predicted molar refractivity (Wildman–Crippen MR) is 113 cm³/mol. The maximum atomic E-state index is 11.8. The third-order valence-corrected chi connectivity index (χ3v) is 5.15. The number of amides is 1. The number of fused-ring (bicyclic) bond motifs is 1. The van der Waals surface area contributed by atoms with Crippen LogP contribution < -0.4 is 5.32 Å². The number of hydrogen-bond donors (Lipinski definition) is 1. The van der Waals surface area contributed by atoms with Gasteiger partial charge in [-0.15, -0.1) is 0 Å². The van der Waals surface area contributed by atoms with E-state index in [0.717, 1.165) is 10.9 Å². The van der Waals surface area contributed by atoms with Crippen molar-refractivity contribution in [3.8, 4) is 11.8 Å². The molecule has 1 aromatic carbocycles. The normalized spacial score (nSPS) is 14.8. The van der Waals surface area contributed by atoms with Crippen LogP contribution in [0.3, 0.4) is 0 Å². The second-order valence-electron chi connectivity index (χ2n) is 5.99. The van der Waals surface area contributed by atoms with Crippen LogP contribution in [-0.4, -0.2) is 21.0 Å². The highest BCUT2D eigenvalue weighted by molar-refractivity contribution is 8.26. The maximum absolute atomic E-state index is 11.8. The minimum absolute atomic E-state index is 0.0144. The number of ketones is 1. The van der Waals surface area contributed by atoms with Crippen LogP contribution >= 0.6 is 24.0 Å². The molecule has 1 aliphatic heterocycles. The Balaban J connectivity index is 1.67. The number of nitrogens with zero attached hydrogens (tertiary/aromatic N) is 1. The molecule has 0 saturated carbocycles. The Morgan fingerprint density at radius 2 is 2.04 bits per heavy atom. The highest BCUT2D eigenvalue weighted by Crippen LogP contribution is 2.29. The first kappa shape index (κ1) is 18.2. The van der Waals surface area contributed by atoms with Crippen LogP contribution in [0.5, 0.6) is 0 Å². The number of thioether (sulfide) groups is 1. The molecular weight excluding hydrogens is 392 g/mol. The van der Waals surface area contributed by atoms with Gasteiger partial charge in [0.1, 0.15) is 10.1 Å². The summed E-state index contributed by atoms with van der Waals surface area (Å²) in [7, 11) is 0. The molecule has 0 radical (unpaired) electrons. The van der Waals surface area contributed by atoms with Gasteiger partial charge in [-0.1, -0.05) is 48.0 Å². The molecule has 0 aliphatic carbocycles. The molecule has 1 fully saturated rings. The van der Waals surface area contributed by atoms with Crippen LogP contribution in [0.4, 0.5) is 0 Å². The Kier molecular flexibility index (Phi) is 4.82. The second kappa shape index (κ2) is 7.43. The fraction of sp³-hybridized carbons (Fsp3) is 0.0476. The number of furan rings is 1. The van der Waals surface area contributed by atoms with Crippen molar-refractivity contribution >= 4 is 57.0 Å². The van der Waals surface area contributed by atoms with Crippen LogP contribution in [-0.2, 0) is 4.79 Å². The van der Waals surface area contributed by atoms with Gasteiger partial charge in [0, 0.05) is 35.0 Å². The van der Waals surface area contributed by atoms with Crippen molar-refractivity contribution in [3.05, 3.63) is 70.1 Å². The Morgan fingerprint density at radius 3 is 2.71 bits per heavy atom. The Hall–Kier alpha value is -3.21. The number of carbonyl (C=O) groups excluding carboxylic acids is 2. The predicted octanol–water partition coefficient (Wildman–Crippen LogP) is 3.92. The molecular formula is C21H12N2O3S2. The minimum atomic E-state index is -0.234. The molecule has 7 heteroatoms. The van der Waals surface area contributed by atoms with E-state index >= 15 is 0 Å². The lowest BCUT2D eigenvalue weighted by Gasteiger charge is -1.95. The first-order chi connectivity index (χ1) is 13.5. The summed E-state index contributed by atoms with van der Waals surface area (Å²) in [4.78, 5) is 27.8. The van der Waals surface area contributed by atoms with E-state index in [1.165, 1.54) is 18.7 Å². The smallest absolute Gasteiger partial charge is 0.263 e. The molecule has 28 heavy (non-hydrogen) atoms. The number of rotatable bonds is 2. The topological polar surface area (TPSA) is 72.2 Å². The van der Waals surface area contributed by atoms with Gasteiger partial charge in [-0.2, -0.15) is 0 Å². The van der Waals surface area contributed by atoms with Crippen LogP contribution in [0, 0.1) is 11.8 Å². The van der Waals surface area contributed by atoms with Crippen molar-refractivity contribution in [1.82, 2.24) is 10.3 Å². The second-order valence-corrected chi connectivity index (χ2v) is 7.71. The molecule has 3 aromatic rings. The van der Waals surface area contributed by atoms with Crippen LogP contribution in [0.15, 0.2) is 52.0 Å². The largest absolute Gasteiger partial charge is 0.455 e.